The van der Waals surface area contributed by atoms with E-state index < -0.39 is 36.4 Å². The maximum Gasteiger partial charge on any atom is 0.252 e. The fourth-order valence-corrected chi connectivity index (χ4v) is 1.85. The van der Waals surface area contributed by atoms with Gasteiger partial charge < -0.3 is 31.3 Å². The normalized spacial score (nSPS) is 18.9. The quantitative estimate of drug-likeness (QED) is 0.327. The Hall–Kier alpha value is -1.51. The molecule has 4 unspecified atom stereocenters. The molecule has 1 aromatic carbocycles. The van der Waals surface area contributed by atoms with Gasteiger partial charge in [-0.2, -0.15) is 0 Å². The molecule has 112 valence electrons. The van der Waals surface area contributed by atoms with Crippen LogP contribution in [0.5, 0.6) is 0 Å². The summed E-state index contributed by atoms with van der Waals surface area (Å²) in [5.41, 5.74) is 3.15. The molecule has 7 nitrogen and oxygen atoms in total. The molecule has 7 N–H and O–H groups in total. The van der Waals surface area contributed by atoms with Gasteiger partial charge in [-0.15, -0.1) is 0 Å². The lowest BCUT2D eigenvalue weighted by Gasteiger charge is -2.34. The molecule has 4 atom stereocenters. The minimum atomic E-state index is -2.46. The van der Waals surface area contributed by atoms with Gasteiger partial charge in [0.05, 0.1) is 6.61 Å². The van der Waals surface area contributed by atoms with Gasteiger partial charge >= 0.3 is 0 Å². The molecular weight excluding hydrogens is 266 g/mol. The molecular formula is C13H19NO6. The largest absolute Gasteiger partial charge is 0.394 e. The summed E-state index contributed by atoms with van der Waals surface area (Å²) in [6.07, 6.45) is -5.99. The molecule has 0 saturated heterocycles. The van der Waals surface area contributed by atoms with Crippen LogP contribution in [-0.4, -0.2) is 62.0 Å². The van der Waals surface area contributed by atoms with Crippen molar-refractivity contribution in [2.75, 3.05) is 6.61 Å². The predicted molar refractivity (Wildman–Crippen MR) is 69.4 cm³/mol. The summed E-state index contributed by atoms with van der Waals surface area (Å²) >= 11 is 0. The number of aliphatic hydroxyl groups excluding tert-OH is 4. The highest BCUT2D eigenvalue weighted by Gasteiger charge is 2.47. The highest BCUT2D eigenvalue weighted by molar-refractivity contribution is 5.84. The van der Waals surface area contributed by atoms with E-state index in [9.17, 15) is 25.2 Å². The van der Waals surface area contributed by atoms with E-state index in [1.54, 1.807) is 30.3 Å². The smallest absolute Gasteiger partial charge is 0.252 e. The SMILES string of the molecule is NC(=O)C(O)(Cc1ccccc1)C(O)C(O)C(O)CO. The van der Waals surface area contributed by atoms with Crippen LogP contribution in [0.3, 0.4) is 0 Å². The van der Waals surface area contributed by atoms with Gasteiger partial charge in [0.1, 0.15) is 18.3 Å². The average molecular weight is 285 g/mol. The lowest BCUT2D eigenvalue weighted by molar-refractivity contribution is -0.173. The number of hydrogen-bond acceptors (Lipinski definition) is 6. The Balaban J connectivity index is 3.00. The fourth-order valence-electron chi connectivity index (χ4n) is 1.85. The summed E-state index contributed by atoms with van der Waals surface area (Å²) in [7, 11) is 0. The van der Waals surface area contributed by atoms with Crippen molar-refractivity contribution in [3.8, 4) is 0 Å². The summed E-state index contributed by atoms with van der Waals surface area (Å²) in [5.74, 6) is -1.24. The van der Waals surface area contributed by atoms with Gasteiger partial charge in [-0.05, 0) is 5.56 Å². The highest BCUT2D eigenvalue weighted by atomic mass is 16.4. The van der Waals surface area contributed by atoms with Gasteiger partial charge in [-0.25, -0.2) is 0 Å². The zero-order chi connectivity index (χ0) is 15.3. The Kier molecular flexibility index (Phi) is 5.61. The van der Waals surface area contributed by atoms with Crippen LogP contribution in [0.25, 0.3) is 0 Å². The van der Waals surface area contributed by atoms with E-state index in [1.165, 1.54) is 0 Å². The van der Waals surface area contributed by atoms with Crippen LogP contribution in [-0.2, 0) is 11.2 Å². The Morgan fingerprint density at radius 2 is 1.75 bits per heavy atom. The molecule has 1 amide bonds. The first-order chi connectivity index (χ1) is 9.32. The molecule has 0 saturated carbocycles. The van der Waals surface area contributed by atoms with E-state index in [0.29, 0.717) is 5.56 Å². The van der Waals surface area contributed by atoms with Gasteiger partial charge in [0.15, 0.2) is 5.60 Å². The van der Waals surface area contributed by atoms with Crippen molar-refractivity contribution in [2.45, 2.75) is 30.3 Å². The molecule has 0 heterocycles. The molecule has 0 aliphatic heterocycles. The maximum absolute atomic E-state index is 11.4. The summed E-state index contributed by atoms with van der Waals surface area (Å²) in [6.45, 7) is -0.835. The fraction of sp³-hybridized carbons (Fsp3) is 0.462. The number of amides is 1. The average Bonchev–Trinajstić information content (AvgIpc) is 2.45. The third kappa shape index (κ3) is 3.53. The second-order valence-electron chi connectivity index (χ2n) is 4.64. The molecule has 0 aromatic heterocycles. The van der Waals surface area contributed by atoms with E-state index in [4.69, 9.17) is 10.8 Å². The number of rotatable bonds is 7. The van der Waals surface area contributed by atoms with Crippen LogP contribution in [0.15, 0.2) is 30.3 Å². The van der Waals surface area contributed by atoms with Crippen molar-refractivity contribution in [3.63, 3.8) is 0 Å². The lowest BCUT2D eigenvalue weighted by Crippen LogP contribution is -2.61. The van der Waals surface area contributed by atoms with E-state index in [2.05, 4.69) is 0 Å². The van der Waals surface area contributed by atoms with Crippen LogP contribution in [0.2, 0.25) is 0 Å². The third-order valence-electron chi connectivity index (χ3n) is 3.14. The van der Waals surface area contributed by atoms with Crippen molar-refractivity contribution >= 4 is 5.91 Å². The monoisotopic (exact) mass is 285 g/mol. The summed E-state index contributed by atoms with van der Waals surface area (Å²) < 4.78 is 0. The molecule has 0 bridgehead atoms. The van der Waals surface area contributed by atoms with Gasteiger partial charge in [0.25, 0.3) is 5.91 Å². The van der Waals surface area contributed by atoms with Crippen LogP contribution in [0.1, 0.15) is 5.56 Å². The molecule has 0 radical (unpaired) electrons. The van der Waals surface area contributed by atoms with Crippen molar-refractivity contribution in [3.05, 3.63) is 35.9 Å². The van der Waals surface area contributed by atoms with E-state index in [0.717, 1.165) is 0 Å². The molecule has 7 heteroatoms. The Labute approximate surface area is 115 Å². The predicted octanol–water partition coefficient (Wildman–Crippen LogP) is -2.48. The van der Waals surface area contributed by atoms with Gasteiger partial charge in [-0.3, -0.25) is 4.79 Å². The van der Waals surface area contributed by atoms with Crippen molar-refractivity contribution in [1.82, 2.24) is 0 Å². The second-order valence-corrected chi connectivity index (χ2v) is 4.64. The lowest BCUT2D eigenvalue weighted by atomic mass is 9.84. The minimum absolute atomic E-state index is 0.334. The Morgan fingerprint density at radius 1 is 1.20 bits per heavy atom. The highest BCUT2D eigenvalue weighted by Crippen LogP contribution is 2.21. The van der Waals surface area contributed by atoms with E-state index in [-0.39, 0.29) is 6.42 Å². The van der Waals surface area contributed by atoms with Gasteiger partial charge in [0, 0.05) is 6.42 Å². The van der Waals surface area contributed by atoms with Gasteiger partial charge in [0.2, 0.25) is 0 Å². The van der Waals surface area contributed by atoms with Crippen molar-refractivity contribution in [1.29, 1.82) is 0 Å². The first-order valence-corrected chi connectivity index (χ1v) is 6.04. The summed E-state index contributed by atoms with van der Waals surface area (Å²) in [5, 5.41) is 47.8. The number of aliphatic hydroxyl groups is 5. The van der Waals surface area contributed by atoms with Crippen molar-refractivity contribution < 1.29 is 30.3 Å². The van der Waals surface area contributed by atoms with Crippen LogP contribution >= 0.6 is 0 Å². The van der Waals surface area contributed by atoms with Crippen molar-refractivity contribution in [2.24, 2.45) is 5.73 Å². The zero-order valence-corrected chi connectivity index (χ0v) is 10.8. The Morgan fingerprint density at radius 3 is 2.20 bits per heavy atom. The topological polar surface area (TPSA) is 144 Å². The number of hydrogen-bond donors (Lipinski definition) is 6. The molecule has 1 aromatic rings. The minimum Gasteiger partial charge on any atom is -0.394 e. The first kappa shape index (κ1) is 16.5. The standard InChI is InChI=1S/C13H19NO6/c14-12(19)13(20,6-8-4-2-1-3-5-8)11(18)10(17)9(16)7-15/h1-5,9-11,15-18,20H,6-7H2,(H2,14,19). The number of nitrogens with two attached hydrogens (primary N) is 1. The van der Waals surface area contributed by atoms with Crippen LogP contribution in [0.4, 0.5) is 0 Å². The number of carbonyl (C=O) groups excluding carboxylic acids is 1. The van der Waals surface area contributed by atoms with E-state index >= 15 is 0 Å². The molecule has 0 fully saturated rings. The first-order valence-electron chi connectivity index (χ1n) is 6.04. The molecule has 0 spiro atoms. The molecule has 1 rings (SSSR count). The molecule has 0 aliphatic rings. The molecule has 0 aliphatic carbocycles. The Bertz CT molecular complexity index is 440. The summed E-state index contributed by atoms with van der Waals surface area (Å²) in [4.78, 5) is 11.4. The van der Waals surface area contributed by atoms with Gasteiger partial charge in [-0.1, -0.05) is 30.3 Å². The van der Waals surface area contributed by atoms with Crippen LogP contribution < -0.4 is 5.73 Å². The molecule has 20 heavy (non-hydrogen) atoms. The zero-order valence-electron chi connectivity index (χ0n) is 10.8. The second kappa shape index (κ2) is 6.78. The maximum atomic E-state index is 11.4. The van der Waals surface area contributed by atoms with E-state index in [1.807, 2.05) is 0 Å². The van der Waals surface area contributed by atoms with Crippen LogP contribution in [0, 0.1) is 0 Å². The third-order valence-corrected chi connectivity index (χ3v) is 3.14. The number of carbonyl (C=O) groups is 1. The summed E-state index contributed by atoms with van der Waals surface area (Å²) in [6, 6.07) is 8.28. The number of primary amides is 1. The number of benzene rings is 1.